The van der Waals surface area contributed by atoms with Gasteiger partial charge in [0.15, 0.2) is 6.61 Å². The van der Waals surface area contributed by atoms with Crippen LogP contribution in [0.5, 0.6) is 5.75 Å². The normalized spacial score (nSPS) is 14.5. The molecular weight excluding hydrogens is 614 g/mol. The van der Waals surface area contributed by atoms with Gasteiger partial charge < -0.3 is 14.2 Å². The van der Waals surface area contributed by atoms with E-state index in [-0.39, 0.29) is 23.4 Å². The van der Waals surface area contributed by atoms with Crippen molar-refractivity contribution < 1.29 is 40.4 Å². The van der Waals surface area contributed by atoms with Gasteiger partial charge in [-0.3, -0.25) is 9.69 Å². The monoisotopic (exact) mass is 640 g/mol. The molecule has 0 N–H and O–H groups in total. The number of alkyl halides is 6. The van der Waals surface area contributed by atoms with Gasteiger partial charge in [0, 0.05) is 49.4 Å². The van der Waals surface area contributed by atoms with Crippen molar-refractivity contribution in [3.8, 4) is 28.6 Å². The van der Waals surface area contributed by atoms with Gasteiger partial charge in [-0.1, -0.05) is 53.7 Å². The molecule has 0 saturated carbocycles. The summed E-state index contributed by atoms with van der Waals surface area (Å²) in [6, 6.07) is 21.7. The van der Waals surface area contributed by atoms with Gasteiger partial charge in [-0.05, 0) is 52.7 Å². The third-order valence-corrected chi connectivity index (χ3v) is 7.67. The number of fused-ring (bicyclic) bond motifs is 1. The van der Waals surface area contributed by atoms with E-state index in [9.17, 15) is 31.1 Å². The van der Waals surface area contributed by atoms with Gasteiger partial charge in [-0.2, -0.15) is 31.3 Å². The largest absolute Gasteiger partial charge is 0.484 e. The Morgan fingerprint density at radius 2 is 1.48 bits per heavy atom. The number of amides is 1. The molecule has 0 bridgehead atoms. The Bertz CT molecular complexity index is 1830. The molecule has 238 valence electrons. The first kappa shape index (κ1) is 31.1. The lowest BCUT2D eigenvalue weighted by Crippen LogP contribution is -2.48. The number of ether oxygens (including phenoxy) is 1. The average Bonchev–Trinajstić information content (AvgIpc) is 3.53. The van der Waals surface area contributed by atoms with Crippen molar-refractivity contribution in [3.63, 3.8) is 0 Å². The molecule has 13 heteroatoms. The Labute approximate surface area is 259 Å². The predicted octanol–water partition coefficient (Wildman–Crippen LogP) is 7.47. The van der Waals surface area contributed by atoms with E-state index in [1.54, 1.807) is 29.2 Å². The Hall–Kier alpha value is -4.91. The van der Waals surface area contributed by atoms with E-state index in [4.69, 9.17) is 9.26 Å². The topological polar surface area (TPSA) is 71.7 Å². The first-order chi connectivity index (χ1) is 21.9. The second-order valence-corrected chi connectivity index (χ2v) is 10.8. The van der Waals surface area contributed by atoms with E-state index >= 15 is 0 Å². The maximum absolute atomic E-state index is 13.7. The van der Waals surface area contributed by atoms with Crippen LogP contribution < -0.4 is 4.74 Å². The van der Waals surface area contributed by atoms with Crippen LogP contribution in [0.25, 0.3) is 33.6 Å². The van der Waals surface area contributed by atoms with Crippen molar-refractivity contribution in [2.75, 3.05) is 32.8 Å². The molecule has 0 aliphatic carbocycles. The van der Waals surface area contributed by atoms with E-state index < -0.39 is 24.5 Å². The predicted molar refractivity (Wildman–Crippen MR) is 157 cm³/mol. The molecule has 0 radical (unpaired) electrons. The van der Waals surface area contributed by atoms with Crippen molar-refractivity contribution in [2.24, 2.45) is 0 Å². The highest BCUT2D eigenvalue weighted by Gasteiger charge is 2.31. The summed E-state index contributed by atoms with van der Waals surface area (Å²) in [7, 11) is 0. The molecule has 5 aromatic rings. The van der Waals surface area contributed by atoms with Crippen molar-refractivity contribution in [3.05, 3.63) is 102 Å². The Morgan fingerprint density at radius 3 is 2.13 bits per heavy atom. The minimum atomic E-state index is -4.46. The molecule has 1 fully saturated rings. The minimum absolute atomic E-state index is 0.135. The number of benzene rings is 4. The fraction of sp³-hybridized carbons (Fsp3) is 0.242. The number of piperazine rings is 1. The summed E-state index contributed by atoms with van der Waals surface area (Å²) in [5.74, 6) is 0.313. The molecule has 1 aliphatic heterocycles. The first-order valence-corrected chi connectivity index (χ1v) is 14.3. The van der Waals surface area contributed by atoms with Crippen LogP contribution >= 0.6 is 0 Å². The third kappa shape index (κ3) is 6.99. The maximum atomic E-state index is 13.7. The summed E-state index contributed by atoms with van der Waals surface area (Å²) in [6.45, 7) is 1.44. The molecule has 6 rings (SSSR count). The van der Waals surface area contributed by atoms with Gasteiger partial charge in [-0.25, -0.2) is 0 Å². The van der Waals surface area contributed by atoms with E-state index in [0.29, 0.717) is 60.2 Å². The molecule has 46 heavy (non-hydrogen) atoms. The molecular formula is C33H26F6N4O3. The van der Waals surface area contributed by atoms with Crippen LogP contribution in [0.2, 0.25) is 0 Å². The van der Waals surface area contributed by atoms with Gasteiger partial charge in [0.1, 0.15) is 5.75 Å². The highest BCUT2D eigenvalue weighted by atomic mass is 19.4. The number of aromatic nitrogens is 2. The highest BCUT2D eigenvalue weighted by molar-refractivity contribution is 6.10. The Kier molecular flexibility index (Phi) is 8.43. The minimum Gasteiger partial charge on any atom is -0.484 e. The summed E-state index contributed by atoms with van der Waals surface area (Å²) in [5.41, 5.74) is 1.59. The summed E-state index contributed by atoms with van der Waals surface area (Å²) in [6.07, 6.45) is -8.86. The zero-order chi connectivity index (χ0) is 32.5. The van der Waals surface area contributed by atoms with Gasteiger partial charge in [-0.15, -0.1) is 0 Å². The Balaban J connectivity index is 1.12. The zero-order valence-corrected chi connectivity index (χ0v) is 24.1. The standard InChI is InChI=1S/C33H26F6N4O3/c34-32(35,36)20-45-24-11-5-21(6-12-24)19-42-15-17-43(18-16-42)31(44)28-14-13-27(25-3-1-2-4-26(25)28)30-40-29(41-46-30)22-7-9-23(10-8-22)33(37,38)39/h1-14H,15-20H2. The van der Waals surface area contributed by atoms with Crippen molar-refractivity contribution in [1.29, 1.82) is 0 Å². The van der Waals surface area contributed by atoms with E-state index in [1.165, 1.54) is 24.3 Å². The molecule has 1 amide bonds. The number of hydrogen-bond acceptors (Lipinski definition) is 6. The molecule has 0 spiro atoms. The van der Waals surface area contributed by atoms with Gasteiger partial charge >= 0.3 is 12.4 Å². The van der Waals surface area contributed by atoms with Gasteiger partial charge in [0.05, 0.1) is 5.56 Å². The summed E-state index contributed by atoms with van der Waals surface area (Å²) in [5, 5.41) is 5.35. The number of rotatable bonds is 7. The zero-order valence-electron chi connectivity index (χ0n) is 24.1. The van der Waals surface area contributed by atoms with Gasteiger partial charge in [0.25, 0.3) is 11.8 Å². The number of nitrogens with zero attached hydrogens (tertiary/aromatic N) is 4. The average molecular weight is 641 g/mol. The number of hydrogen-bond donors (Lipinski definition) is 0. The first-order valence-electron chi connectivity index (χ1n) is 14.3. The quantitative estimate of drug-likeness (QED) is 0.172. The SMILES string of the molecule is O=C(c1ccc(-c2nc(-c3ccc(C(F)(F)F)cc3)no2)c2ccccc12)N1CCN(Cc2ccc(OCC(F)(F)F)cc2)CC1. The van der Waals surface area contributed by atoms with Crippen LogP contribution in [-0.4, -0.2) is 64.8 Å². The van der Waals surface area contributed by atoms with Crippen LogP contribution in [0.15, 0.2) is 89.5 Å². The van der Waals surface area contributed by atoms with Crippen LogP contribution in [0, 0.1) is 0 Å². The van der Waals surface area contributed by atoms with Crippen LogP contribution in [-0.2, 0) is 12.7 Å². The van der Waals surface area contributed by atoms with Crippen LogP contribution in [0.4, 0.5) is 26.3 Å². The second kappa shape index (κ2) is 12.5. The summed E-state index contributed by atoms with van der Waals surface area (Å²) < 4.78 is 86.3. The summed E-state index contributed by atoms with van der Waals surface area (Å²) >= 11 is 0. The highest BCUT2D eigenvalue weighted by Crippen LogP contribution is 2.34. The number of halogens is 6. The molecule has 7 nitrogen and oxygen atoms in total. The van der Waals surface area contributed by atoms with Crippen molar-refractivity contribution >= 4 is 16.7 Å². The second-order valence-electron chi connectivity index (χ2n) is 10.8. The van der Waals surface area contributed by atoms with Crippen molar-refractivity contribution in [1.82, 2.24) is 19.9 Å². The maximum Gasteiger partial charge on any atom is 0.422 e. The third-order valence-electron chi connectivity index (χ3n) is 7.67. The fourth-order valence-electron chi connectivity index (χ4n) is 5.32. The molecule has 1 saturated heterocycles. The lowest BCUT2D eigenvalue weighted by Gasteiger charge is -2.35. The van der Waals surface area contributed by atoms with Crippen LogP contribution in [0.3, 0.4) is 0 Å². The molecule has 0 unspecified atom stereocenters. The lowest BCUT2D eigenvalue weighted by atomic mass is 9.98. The van der Waals surface area contributed by atoms with Crippen molar-refractivity contribution in [2.45, 2.75) is 18.9 Å². The lowest BCUT2D eigenvalue weighted by molar-refractivity contribution is -0.153. The Morgan fingerprint density at radius 1 is 0.804 bits per heavy atom. The van der Waals surface area contributed by atoms with Gasteiger partial charge in [0.2, 0.25) is 5.82 Å². The number of carbonyl (C=O) groups is 1. The molecule has 4 aromatic carbocycles. The summed E-state index contributed by atoms with van der Waals surface area (Å²) in [4.78, 5) is 22.0. The van der Waals surface area contributed by atoms with E-state index in [1.807, 2.05) is 24.3 Å². The molecule has 2 heterocycles. The number of carbonyl (C=O) groups excluding carboxylic acids is 1. The van der Waals surface area contributed by atoms with Crippen LogP contribution in [0.1, 0.15) is 21.5 Å². The molecule has 1 aliphatic rings. The fourth-order valence-corrected chi connectivity index (χ4v) is 5.32. The van der Waals surface area contributed by atoms with E-state index in [2.05, 4.69) is 15.0 Å². The van der Waals surface area contributed by atoms with E-state index in [0.717, 1.165) is 17.7 Å². The molecule has 1 aromatic heterocycles. The molecule has 0 atom stereocenters. The smallest absolute Gasteiger partial charge is 0.422 e.